The number of nitrogens with one attached hydrogen (secondary N) is 1. The predicted octanol–water partition coefficient (Wildman–Crippen LogP) is 2.86. The van der Waals surface area contributed by atoms with Crippen LogP contribution in [0.3, 0.4) is 0 Å². The standard InChI is InChI=1S/C17H15NO4S.H3N/c19-12-17(23(20,21)22)11-5-7-13-6-4-10-15(16(13)17)18-14-8-2-1-3-9-14;/h1-6,8-12,18H,7H2,(H,20,21,22);1H3. The third kappa shape index (κ3) is 2.84. The maximum Gasteiger partial charge on any atom is 0.161 e. The summed E-state index contributed by atoms with van der Waals surface area (Å²) in [5.74, 6) is 0. The molecule has 1 unspecified atom stereocenters. The molecule has 0 amide bonds. The average molecular weight is 346 g/mol. The van der Waals surface area contributed by atoms with Crippen LogP contribution in [0.4, 0.5) is 11.4 Å². The smallest absolute Gasteiger partial charge is 0.161 e. The lowest BCUT2D eigenvalue weighted by Gasteiger charge is -2.34. The number of rotatable bonds is 4. The minimum atomic E-state index is -4.91. The molecule has 6 nitrogen and oxygen atoms in total. The molecule has 3 rings (SSSR count). The fourth-order valence-corrected chi connectivity index (χ4v) is 3.69. The summed E-state index contributed by atoms with van der Waals surface area (Å²) >= 11 is 0. The lowest BCUT2D eigenvalue weighted by Crippen LogP contribution is -2.38. The summed E-state index contributed by atoms with van der Waals surface area (Å²) in [5.41, 5.74) is 2.01. The van der Waals surface area contributed by atoms with Crippen molar-refractivity contribution in [3.8, 4) is 0 Å². The summed E-state index contributed by atoms with van der Waals surface area (Å²) in [4.78, 5) is 11.6. The van der Waals surface area contributed by atoms with Gasteiger partial charge in [-0.05, 0) is 30.2 Å². The normalized spacial score (nSPS) is 19.0. The van der Waals surface area contributed by atoms with E-state index in [1.165, 1.54) is 6.08 Å². The van der Waals surface area contributed by atoms with Gasteiger partial charge in [-0.2, -0.15) is 0 Å². The van der Waals surface area contributed by atoms with Crippen LogP contribution in [0, 0.1) is 0 Å². The molecule has 1 aliphatic rings. The van der Waals surface area contributed by atoms with E-state index in [0.717, 1.165) is 5.69 Å². The SMILES string of the molecule is O=CC1(S(=O)(=O)[O-])C=CCc2cccc(Nc3ccccc3)c21.[NH4+]. The first kappa shape index (κ1) is 17.9. The quantitative estimate of drug-likeness (QED) is 0.500. The van der Waals surface area contributed by atoms with E-state index < -0.39 is 14.9 Å². The first-order valence-electron chi connectivity index (χ1n) is 7.02. The Kier molecular flexibility index (Phi) is 4.88. The van der Waals surface area contributed by atoms with E-state index >= 15 is 0 Å². The molecule has 0 heterocycles. The van der Waals surface area contributed by atoms with Gasteiger partial charge in [0.15, 0.2) is 4.75 Å². The minimum absolute atomic E-state index is 0. The van der Waals surface area contributed by atoms with Crippen molar-refractivity contribution in [2.45, 2.75) is 11.2 Å². The van der Waals surface area contributed by atoms with Crippen molar-refractivity contribution in [1.29, 1.82) is 0 Å². The molecule has 5 N–H and O–H groups in total. The number of allylic oxidation sites excluding steroid dienone is 1. The monoisotopic (exact) mass is 346 g/mol. The number of fused-ring (bicyclic) bond motifs is 1. The van der Waals surface area contributed by atoms with Crippen LogP contribution in [0.2, 0.25) is 0 Å². The molecule has 0 bridgehead atoms. The summed E-state index contributed by atoms with van der Waals surface area (Å²) in [6, 6.07) is 14.3. The molecule has 2 aromatic rings. The highest BCUT2D eigenvalue weighted by Gasteiger charge is 2.42. The van der Waals surface area contributed by atoms with E-state index in [1.807, 2.05) is 30.3 Å². The molecule has 0 saturated carbocycles. The Morgan fingerprint density at radius 1 is 1.08 bits per heavy atom. The number of hydrogen-bond acceptors (Lipinski definition) is 5. The summed E-state index contributed by atoms with van der Waals surface area (Å²) in [6.45, 7) is 0. The third-order valence-electron chi connectivity index (χ3n) is 3.89. The highest BCUT2D eigenvalue weighted by molar-refractivity contribution is 7.87. The maximum absolute atomic E-state index is 11.8. The zero-order valence-electron chi connectivity index (χ0n) is 13.1. The Morgan fingerprint density at radius 3 is 2.42 bits per heavy atom. The number of carbonyl (C=O) groups is 1. The number of carbonyl (C=O) groups excluding carboxylic acids is 1. The lowest BCUT2D eigenvalue weighted by molar-refractivity contribution is -0.109. The van der Waals surface area contributed by atoms with Crippen molar-refractivity contribution in [3.63, 3.8) is 0 Å². The van der Waals surface area contributed by atoms with Crippen LogP contribution in [0.25, 0.3) is 0 Å². The molecule has 1 atom stereocenters. The molecule has 0 spiro atoms. The first-order chi connectivity index (χ1) is 11.0. The second-order valence-electron chi connectivity index (χ2n) is 5.30. The number of hydrogen-bond donors (Lipinski definition) is 2. The van der Waals surface area contributed by atoms with E-state index in [4.69, 9.17) is 0 Å². The molecule has 1 aliphatic carbocycles. The summed E-state index contributed by atoms with van der Waals surface area (Å²) in [5, 5.41) is 3.10. The van der Waals surface area contributed by atoms with Crippen LogP contribution in [0.1, 0.15) is 11.1 Å². The Labute approximate surface area is 140 Å². The zero-order chi connectivity index (χ0) is 16.5. The zero-order valence-corrected chi connectivity index (χ0v) is 13.9. The highest BCUT2D eigenvalue weighted by Crippen LogP contribution is 2.41. The fourth-order valence-electron chi connectivity index (χ4n) is 2.82. The summed E-state index contributed by atoms with van der Waals surface area (Å²) < 4.78 is 33.3. The van der Waals surface area contributed by atoms with Crippen LogP contribution >= 0.6 is 0 Å². The second kappa shape index (κ2) is 6.56. The van der Waals surface area contributed by atoms with Gasteiger partial charge in [-0.25, -0.2) is 8.42 Å². The van der Waals surface area contributed by atoms with Crippen LogP contribution in [0.15, 0.2) is 60.7 Å². The van der Waals surface area contributed by atoms with Gasteiger partial charge in [-0.3, -0.25) is 0 Å². The Hall–Kier alpha value is -2.48. The van der Waals surface area contributed by atoms with Gasteiger partial charge >= 0.3 is 0 Å². The van der Waals surface area contributed by atoms with Gasteiger partial charge in [0.1, 0.15) is 16.4 Å². The van der Waals surface area contributed by atoms with Gasteiger partial charge in [0.05, 0.1) is 0 Å². The van der Waals surface area contributed by atoms with Gasteiger partial charge in [-0.1, -0.05) is 42.5 Å². The Balaban J connectivity index is 0.00000208. The van der Waals surface area contributed by atoms with Crippen LogP contribution in [-0.2, 0) is 26.1 Å². The molecule has 126 valence electrons. The number of benzene rings is 2. The molecular weight excluding hydrogens is 328 g/mol. The predicted molar refractivity (Wildman–Crippen MR) is 92.4 cm³/mol. The van der Waals surface area contributed by atoms with Gasteiger partial charge in [0.2, 0.25) is 0 Å². The van der Waals surface area contributed by atoms with E-state index in [9.17, 15) is 17.8 Å². The maximum atomic E-state index is 11.8. The van der Waals surface area contributed by atoms with Crippen molar-refractivity contribution in [3.05, 3.63) is 71.8 Å². The molecule has 0 fully saturated rings. The summed E-state index contributed by atoms with van der Waals surface area (Å²) in [6.07, 6.45) is 3.39. The number of aldehydes is 1. The topological polar surface area (TPSA) is 123 Å². The molecular formula is C17H18N2O4S. The fraction of sp³-hybridized carbons (Fsp3) is 0.118. The van der Waals surface area contributed by atoms with Crippen molar-refractivity contribution in [2.75, 3.05) is 5.32 Å². The second-order valence-corrected chi connectivity index (χ2v) is 6.89. The van der Waals surface area contributed by atoms with Crippen LogP contribution in [-0.4, -0.2) is 19.3 Å². The molecule has 0 saturated heterocycles. The van der Waals surface area contributed by atoms with E-state index in [0.29, 0.717) is 17.7 Å². The lowest BCUT2D eigenvalue weighted by atomic mass is 9.86. The van der Waals surface area contributed by atoms with E-state index in [2.05, 4.69) is 5.32 Å². The van der Waals surface area contributed by atoms with Crippen molar-refractivity contribution >= 4 is 27.8 Å². The highest BCUT2D eigenvalue weighted by atomic mass is 32.2. The molecule has 0 aliphatic heterocycles. The Bertz CT molecular complexity index is 879. The molecule has 0 radical (unpaired) electrons. The van der Waals surface area contributed by atoms with Gasteiger partial charge in [-0.15, -0.1) is 0 Å². The number of para-hydroxylation sites is 1. The van der Waals surface area contributed by atoms with Crippen LogP contribution in [0.5, 0.6) is 0 Å². The van der Waals surface area contributed by atoms with Gasteiger partial charge in [0, 0.05) is 16.9 Å². The summed E-state index contributed by atoms with van der Waals surface area (Å²) in [7, 11) is -4.91. The molecule has 0 aromatic heterocycles. The first-order valence-corrected chi connectivity index (χ1v) is 8.43. The van der Waals surface area contributed by atoms with E-state index in [-0.39, 0.29) is 18.0 Å². The number of anilines is 2. The Morgan fingerprint density at radius 2 is 1.79 bits per heavy atom. The third-order valence-corrected chi connectivity index (χ3v) is 5.15. The molecule has 24 heavy (non-hydrogen) atoms. The van der Waals surface area contributed by atoms with Gasteiger partial charge in [0.25, 0.3) is 0 Å². The van der Waals surface area contributed by atoms with Crippen molar-refractivity contribution < 1.29 is 17.8 Å². The van der Waals surface area contributed by atoms with Crippen LogP contribution < -0.4 is 11.5 Å². The minimum Gasteiger partial charge on any atom is -0.747 e. The molecule has 2 aromatic carbocycles. The molecule has 7 heteroatoms. The van der Waals surface area contributed by atoms with Crippen molar-refractivity contribution in [1.82, 2.24) is 6.15 Å². The number of quaternary nitrogens is 1. The van der Waals surface area contributed by atoms with E-state index in [1.54, 1.807) is 24.3 Å². The largest absolute Gasteiger partial charge is 0.747 e. The van der Waals surface area contributed by atoms with Crippen molar-refractivity contribution in [2.24, 2.45) is 0 Å². The average Bonchev–Trinajstić information content (AvgIpc) is 2.54. The van der Waals surface area contributed by atoms with Gasteiger partial charge < -0.3 is 20.8 Å².